The minimum Gasteiger partial charge on any atom is -0.494 e. The Kier molecular flexibility index (Phi) is 8.61. The summed E-state index contributed by atoms with van der Waals surface area (Å²) < 4.78 is 11.3. The van der Waals surface area contributed by atoms with Crippen molar-refractivity contribution >= 4 is 29.1 Å². The van der Waals surface area contributed by atoms with Crippen LogP contribution < -0.4 is 25.8 Å². The number of carbonyl (C=O) groups is 3. The van der Waals surface area contributed by atoms with Crippen LogP contribution in [0.4, 0.5) is 11.4 Å². The standard InChI is InChI=1S/C31H34N4O5/c32-15-2-1-3-16-39-26-6-4-5-24(18-26)33-30(37)22-9-7-21(8-10-22)19-35(25-12-13-25)31(38)23-11-14-27-28(17-23)40-20-29(36)34-27/h4-11,14,17-18,25H,1-3,12-13,15-16,19-20,32H2,(H,33,37)(H,34,36). The van der Waals surface area contributed by atoms with Gasteiger partial charge in [0.15, 0.2) is 6.61 Å². The number of nitrogens with zero attached hydrogens (tertiary/aromatic N) is 1. The number of nitrogens with two attached hydrogens (primary N) is 1. The van der Waals surface area contributed by atoms with Crippen molar-refractivity contribution in [2.45, 2.75) is 44.7 Å². The van der Waals surface area contributed by atoms with Crippen molar-refractivity contribution in [2.75, 3.05) is 30.4 Å². The molecule has 4 N–H and O–H groups in total. The third-order valence-corrected chi connectivity index (χ3v) is 6.89. The summed E-state index contributed by atoms with van der Waals surface area (Å²) in [7, 11) is 0. The van der Waals surface area contributed by atoms with E-state index in [0.717, 1.165) is 37.7 Å². The Balaban J connectivity index is 1.19. The van der Waals surface area contributed by atoms with E-state index in [9.17, 15) is 14.4 Å². The number of unbranched alkanes of at least 4 members (excludes halogenated alkanes) is 2. The predicted octanol–water partition coefficient (Wildman–Crippen LogP) is 4.58. The summed E-state index contributed by atoms with van der Waals surface area (Å²) in [6.45, 7) is 1.67. The van der Waals surface area contributed by atoms with Crippen molar-refractivity contribution in [1.29, 1.82) is 0 Å². The van der Waals surface area contributed by atoms with Gasteiger partial charge in [0, 0.05) is 35.5 Å². The molecule has 1 saturated carbocycles. The Hall–Kier alpha value is -4.37. The number of anilines is 2. The van der Waals surface area contributed by atoms with Gasteiger partial charge in [-0.05, 0) is 86.7 Å². The molecule has 0 aromatic heterocycles. The van der Waals surface area contributed by atoms with Crippen LogP contribution in [-0.4, -0.2) is 48.4 Å². The van der Waals surface area contributed by atoms with Crippen LogP contribution in [-0.2, 0) is 11.3 Å². The van der Waals surface area contributed by atoms with Gasteiger partial charge in [-0.1, -0.05) is 18.2 Å². The van der Waals surface area contributed by atoms with Crippen molar-refractivity contribution in [3.05, 3.63) is 83.4 Å². The van der Waals surface area contributed by atoms with Crippen molar-refractivity contribution in [2.24, 2.45) is 5.73 Å². The molecule has 3 aromatic carbocycles. The van der Waals surface area contributed by atoms with E-state index in [1.54, 1.807) is 30.3 Å². The Morgan fingerprint density at radius 2 is 1.80 bits per heavy atom. The molecular formula is C31H34N4O5. The Morgan fingerprint density at radius 3 is 2.58 bits per heavy atom. The van der Waals surface area contributed by atoms with Crippen LogP contribution in [0.2, 0.25) is 0 Å². The van der Waals surface area contributed by atoms with E-state index in [-0.39, 0.29) is 30.4 Å². The van der Waals surface area contributed by atoms with Gasteiger partial charge in [0.25, 0.3) is 17.7 Å². The highest BCUT2D eigenvalue weighted by molar-refractivity contribution is 6.04. The van der Waals surface area contributed by atoms with Gasteiger partial charge in [-0.25, -0.2) is 0 Å². The Morgan fingerprint density at radius 1 is 1.00 bits per heavy atom. The van der Waals surface area contributed by atoms with E-state index in [1.807, 2.05) is 41.3 Å². The van der Waals surface area contributed by atoms with Crippen LogP contribution in [0.15, 0.2) is 66.7 Å². The van der Waals surface area contributed by atoms with Crippen molar-refractivity contribution < 1.29 is 23.9 Å². The lowest BCUT2D eigenvalue weighted by molar-refractivity contribution is -0.118. The van der Waals surface area contributed by atoms with E-state index < -0.39 is 0 Å². The minimum absolute atomic E-state index is 0.0637. The monoisotopic (exact) mass is 542 g/mol. The highest BCUT2D eigenvalue weighted by atomic mass is 16.5. The van der Waals surface area contributed by atoms with E-state index in [0.29, 0.717) is 53.7 Å². The molecule has 0 atom stereocenters. The SMILES string of the molecule is NCCCCCOc1cccc(NC(=O)c2ccc(CN(C(=O)c3ccc4c(c3)OCC(=O)N4)C3CC3)cc2)c1. The van der Waals surface area contributed by atoms with Gasteiger partial charge < -0.3 is 30.7 Å². The maximum atomic E-state index is 13.4. The summed E-state index contributed by atoms with van der Waals surface area (Å²) in [6.07, 6.45) is 4.87. The van der Waals surface area contributed by atoms with Gasteiger partial charge in [-0.2, -0.15) is 0 Å². The fourth-order valence-corrected chi connectivity index (χ4v) is 4.56. The molecule has 0 radical (unpaired) electrons. The molecule has 0 spiro atoms. The van der Waals surface area contributed by atoms with Gasteiger partial charge in [0.2, 0.25) is 0 Å². The molecule has 0 bridgehead atoms. The smallest absolute Gasteiger partial charge is 0.262 e. The van der Waals surface area contributed by atoms with Crippen LogP contribution in [0, 0.1) is 0 Å². The number of carbonyl (C=O) groups excluding carboxylic acids is 3. The first-order valence-electron chi connectivity index (χ1n) is 13.7. The van der Waals surface area contributed by atoms with Gasteiger partial charge >= 0.3 is 0 Å². The van der Waals surface area contributed by atoms with Crippen molar-refractivity contribution in [3.8, 4) is 11.5 Å². The molecule has 1 aliphatic heterocycles. The molecule has 40 heavy (non-hydrogen) atoms. The third-order valence-electron chi connectivity index (χ3n) is 6.89. The Bertz CT molecular complexity index is 1370. The fraction of sp³-hybridized carbons (Fsp3) is 0.323. The maximum Gasteiger partial charge on any atom is 0.262 e. The first kappa shape index (κ1) is 27.2. The van der Waals surface area contributed by atoms with Gasteiger partial charge in [-0.3, -0.25) is 14.4 Å². The number of benzene rings is 3. The number of rotatable bonds is 12. The summed E-state index contributed by atoms with van der Waals surface area (Å²) in [5.74, 6) is 0.685. The zero-order valence-corrected chi connectivity index (χ0v) is 22.4. The van der Waals surface area contributed by atoms with Crippen LogP contribution >= 0.6 is 0 Å². The first-order chi connectivity index (χ1) is 19.5. The average molecular weight is 543 g/mol. The first-order valence-corrected chi connectivity index (χ1v) is 13.7. The second-order valence-electron chi connectivity index (χ2n) is 10.1. The van der Waals surface area contributed by atoms with Crippen molar-refractivity contribution in [3.63, 3.8) is 0 Å². The predicted molar refractivity (Wildman–Crippen MR) is 153 cm³/mol. The zero-order chi connectivity index (χ0) is 27.9. The molecule has 2 aliphatic rings. The molecule has 5 rings (SSSR count). The molecule has 9 nitrogen and oxygen atoms in total. The highest BCUT2D eigenvalue weighted by Gasteiger charge is 2.33. The lowest BCUT2D eigenvalue weighted by Crippen LogP contribution is -2.33. The quantitative estimate of drug-likeness (QED) is 0.288. The highest BCUT2D eigenvalue weighted by Crippen LogP contribution is 2.33. The molecule has 1 aliphatic carbocycles. The summed E-state index contributed by atoms with van der Waals surface area (Å²) in [4.78, 5) is 39.7. The maximum absolute atomic E-state index is 13.4. The second-order valence-corrected chi connectivity index (χ2v) is 10.1. The summed E-state index contributed by atoms with van der Waals surface area (Å²) in [5, 5.41) is 5.67. The molecular weight excluding hydrogens is 508 g/mol. The van der Waals surface area contributed by atoms with Crippen molar-refractivity contribution in [1.82, 2.24) is 4.90 Å². The van der Waals surface area contributed by atoms with E-state index in [4.69, 9.17) is 15.2 Å². The molecule has 208 valence electrons. The number of hydrogen-bond acceptors (Lipinski definition) is 6. The second kappa shape index (κ2) is 12.7. The van der Waals surface area contributed by atoms with E-state index in [2.05, 4.69) is 10.6 Å². The number of nitrogens with one attached hydrogen (secondary N) is 2. The molecule has 1 fully saturated rings. The Labute approximate surface area is 233 Å². The number of amides is 3. The molecule has 9 heteroatoms. The molecule has 0 unspecified atom stereocenters. The summed E-state index contributed by atoms with van der Waals surface area (Å²) in [5.41, 5.74) is 8.72. The van der Waals surface area contributed by atoms with Gasteiger partial charge in [-0.15, -0.1) is 0 Å². The van der Waals surface area contributed by atoms with E-state index in [1.165, 1.54) is 0 Å². The number of fused-ring (bicyclic) bond motifs is 1. The third kappa shape index (κ3) is 6.98. The van der Waals surface area contributed by atoms with Crippen LogP contribution in [0.3, 0.4) is 0 Å². The van der Waals surface area contributed by atoms with E-state index >= 15 is 0 Å². The fourth-order valence-electron chi connectivity index (χ4n) is 4.56. The summed E-state index contributed by atoms with van der Waals surface area (Å²) in [6, 6.07) is 19.9. The van der Waals surface area contributed by atoms with Gasteiger partial charge in [0.1, 0.15) is 11.5 Å². The molecule has 0 saturated heterocycles. The molecule has 3 aromatic rings. The van der Waals surface area contributed by atoms with Crippen LogP contribution in [0.5, 0.6) is 11.5 Å². The topological polar surface area (TPSA) is 123 Å². The van der Waals surface area contributed by atoms with Crippen LogP contribution in [0.1, 0.15) is 58.4 Å². The normalized spacial score (nSPS) is 14.0. The molecule has 1 heterocycles. The van der Waals surface area contributed by atoms with Crippen LogP contribution in [0.25, 0.3) is 0 Å². The minimum atomic E-state index is -0.220. The number of ether oxygens (including phenoxy) is 2. The number of hydrogen-bond donors (Lipinski definition) is 3. The zero-order valence-electron chi connectivity index (χ0n) is 22.4. The molecule has 3 amide bonds. The summed E-state index contributed by atoms with van der Waals surface area (Å²) >= 11 is 0. The lowest BCUT2D eigenvalue weighted by atomic mass is 10.1. The average Bonchev–Trinajstić information content (AvgIpc) is 3.81. The van der Waals surface area contributed by atoms with Gasteiger partial charge in [0.05, 0.1) is 12.3 Å². The largest absolute Gasteiger partial charge is 0.494 e. The lowest BCUT2D eigenvalue weighted by Gasteiger charge is -2.24.